The van der Waals surface area contributed by atoms with Crippen LogP contribution in [0.25, 0.3) is 0 Å². The van der Waals surface area contributed by atoms with Crippen molar-refractivity contribution in [3.8, 4) is 0 Å². The molecule has 0 aliphatic carbocycles. The molecule has 3 aromatic carbocycles. The van der Waals surface area contributed by atoms with Crippen molar-refractivity contribution in [2.24, 2.45) is 0 Å². The summed E-state index contributed by atoms with van der Waals surface area (Å²) >= 11 is 0. The van der Waals surface area contributed by atoms with Gasteiger partial charge in [-0.2, -0.15) is 0 Å². The maximum absolute atomic E-state index is 7.06. The van der Waals surface area contributed by atoms with Crippen LogP contribution in [0.15, 0.2) is 84.9 Å². The van der Waals surface area contributed by atoms with Crippen molar-refractivity contribution < 1.29 is 4.12 Å². The Morgan fingerprint density at radius 2 is 1.00 bits per heavy atom. The van der Waals surface area contributed by atoms with Crippen LogP contribution in [0.1, 0.15) is 0 Å². The van der Waals surface area contributed by atoms with E-state index in [4.69, 9.17) is 4.12 Å². The van der Waals surface area contributed by atoms with Crippen molar-refractivity contribution in [1.29, 1.82) is 0 Å². The lowest BCUT2D eigenvalue weighted by Gasteiger charge is -2.31. The maximum Gasteiger partial charge on any atom is 0.278 e. The first kappa shape index (κ1) is 14.6. The molecule has 0 aromatic heterocycles. The van der Waals surface area contributed by atoms with Gasteiger partial charge in [-0.05, 0) is 33.8 Å². The normalized spacial score (nSPS) is 17.7. The van der Waals surface area contributed by atoms with Gasteiger partial charge in [0.25, 0.3) is 8.32 Å². The molecule has 0 radical (unpaired) electrons. The van der Waals surface area contributed by atoms with E-state index in [9.17, 15) is 0 Å². The molecule has 0 atom stereocenters. The Labute approximate surface area is 139 Å². The summed E-state index contributed by atoms with van der Waals surface area (Å²) in [4.78, 5) is 0. The zero-order valence-electron chi connectivity index (χ0n) is 13.5. The number of hydrogen-bond acceptors (Lipinski definition) is 1. The van der Waals surface area contributed by atoms with Crippen LogP contribution >= 0.6 is 0 Å². The smallest absolute Gasteiger partial charge is 0.278 e. The van der Waals surface area contributed by atoms with E-state index in [1.54, 1.807) is 0 Å². The summed E-state index contributed by atoms with van der Waals surface area (Å²) in [5.41, 5.74) is 0. The van der Waals surface area contributed by atoms with Crippen LogP contribution in [0, 0.1) is 0 Å². The second-order valence-corrected chi connectivity index (χ2v) is 14.0. The molecular weight excluding hydrogens is 312 g/mol. The Bertz CT molecular complexity index is 789. The minimum Gasteiger partial charge on any atom is -0.442 e. The number of fused-ring (bicyclic) bond motifs is 1. The summed E-state index contributed by atoms with van der Waals surface area (Å²) in [5, 5.41) is 5.59. The lowest BCUT2D eigenvalue weighted by atomic mass is 10.3. The fourth-order valence-corrected chi connectivity index (χ4v) is 14.4. The molecule has 3 heteroatoms. The highest BCUT2D eigenvalue weighted by Gasteiger charge is 2.54. The molecule has 0 saturated carbocycles. The van der Waals surface area contributed by atoms with E-state index in [1.165, 1.54) is 20.7 Å². The van der Waals surface area contributed by atoms with Gasteiger partial charge in [0.1, 0.15) is 0 Å². The Kier molecular flexibility index (Phi) is 3.37. The molecule has 23 heavy (non-hydrogen) atoms. The average Bonchev–Trinajstić information content (AvgIpc) is 2.86. The lowest BCUT2D eigenvalue weighted by Crippen LogP contribution is -2.68. The predicted molar refractivity (Wildman–Crippen MR) is 102 cm³/mol. The van der Waals surface area contributed by atoms with Gasteiger partial charge in [-0.15, -0.1) is 0 Å². The van der Waals surface area contributed by atoms with Crippen molar-refractivity contribution in [1.82, 2.24) is 0 Å². The summed E-state index contributed by atoms with van der Waals surface area (Å²) in [6, 6.07) is 30.5. The van der Waals surface area contributed by atoms with Gasteiger partial charge in [0.2, 0.25) is 8.32 Å². The van der Waals surface area contributed by atoms with Gasteiger partial charge in [-0.1, -0.05) is 84.9 Å². The molecule has 0 unspecified atom stereocenters. The molecule has 0 bridgehead atoms. The van der Waals surface area contributed by atoms with Crippen molar-refractivity contribution >= 4 is 37.4 Å². The lowest BCUT2D eigenvalue weighted by molar-refractivity contribution is 0.596. The molecular formula is C20H20OSi2. The van der Waals surface area contributed by atoms with E-state index in [0.717, 1.165) is 0 Å². The first-order chi connectivity index (χ1) is 11.1. The molecule has 4 rings (SSSR count). The maximum atomic E-state index is 7.06. The Morgan fingerprint density at radius 1 is 0.565 bits per heavy atom. The number of benzene rings is 3. The predicted octanol–water partition coefficient (Wildman–Crippen LogP) is 2.10. The highest BCUT2D eigenvalue weighted by atomic mass is 28.4. The number of rotatable bonds is 2. The molecule has 1 heterocycles. The zero-order chi connectivity index (χ0) is 15.9. The second-order valence-electron chi connectivity index (χ2n) is 6.57. The average molecular weight is 333 g/mol. The topological polar surface area (TPSA) is 9.23 Å². The Hall–Kier alpha value is -1.95. The van der Waals surface area contributed by atoms with E-state index >= 15 is 0 Å². The largest absolute Gasteiger partial charge is 0.442 e. The summed E-state index contributed by atoms with van der Waals surface area (Å²) in [5.74, 6) is 0. The fourth-order valence-electron chi connectivity index (χ4n) is 3.75. The quantitative estimate of drug-likeness (QED) is 0.653. The number of hydrogen-bond donors (Lipinski definition) is 0. The minimum atomic E-state index is -2.38. The Balaban J connectivity index is 2.07. The van der Waals surface area contributed by atoms with Gasteiger partial charge in [-0.3, -0.25) is 0 Å². The molecule has 0 fully saturated rings. The first-order valence-electron chi connectivity index (χ1n) is 8.06. The molecule has 1 aliphatic heterocycles. The van der Waals surface area contributed by atoms with E-state index in [0.29, 0.717) is 0 Å². The third-order valence-electron chi connectivity index (χ3n) is 4.72. The summed E-state index contributed by atoms with van der Waals surface area (Å²) in [7, 11) is -4.28. The van der Waals surface area contributed by atoms with Crippen LogP contribution < -0.4 is 20.7 Å². The van der Waals surface area contributed by atoms with E-state index in [-0.39, 0.29) is 0 Å². The van der Waals surface area contributed by atoms with Crippen molar-refractivity contribution in [3.63, 3.8) is 0 Å². The van der Waals surface area contributed by atoms with Crippen molar-refractivity contribution in [2.75, 3.05) is 0 Å². The van der Waals surface area contributed by atoms with Crippen molar-refractivity contribution in [2.45, 2.75) is 13.1 Å². The second kappa shape index (κ2) is 5.30. The SMILES string of the molecule is C[Si]1(C)O[Si](c2ccccc2)(c2ccccc2)c2ccccc21. The molecule has 1 nitrogen and oxygen atoms in total. The molecule has 3 aromatic rings. The zero-order valence-corrected chi connectivity index (χ0v) is 15.5. The highest BCUT2D eigenvalue weighted by molar-refractivity contribution is 7.18. The third kappa shape index (κ3) is 2.16. The molecule has 0 amide bonds. The van der Waals surface area contributed by atoms with Gasteiger partial charge in [-0.25, -0.2) is 0 Å². The highest BCUT2D eigenvalue weighted by Crippen LogP contribution is 2.22. The fraction of sp³-hybridized carbons (Fsp3) is 0.100. The van der Waals surface area contributed by atoms with Crippen LogP contribution in [0.5, 0.6) is 0 Å². The van der Waals surface area contributed by atoms with E-state index in [2.05, 4.69) is 98.0 Å². The monoisotopic (exact) mass is 332 g/mol. The first-order valence-corrected chi connectivity index (χ1v) is 12.9. The molecule has 0 spiro atoms. The van der Waals surface area contributed by atoms with E-state index < -0.39 is 16.6 Å². The standard InChI is InChI=1S/C20H20OSi2/c1-22(2)19-15-9-10-16-20(19)23(21-22,17-11-5-3-6-12-17)18-13-7-4-8-14-18/h3-16H,1-2H3. The molecule has 0 saturated heterocycles. The van der Waals surface area contributed by atoms with Gasteiger partial charge in [0.15, 0.2) is 0 Å². The molecule has 1 aliphatic rings. The summed E-state index contributed by atoms with van der Waals surface area (Å²) in [6.07, 6.45) is 0. The van der Waals surface area contributed by atoms with Crippen LogP contribution in [0.3, 0.4) is 0 Å². The summed E-state index contributed by atoms with van der Waals surface area (Å²) in [6.45, 7) is 4.65. The van der Waals surface area contributed by atoms with Gasteiger partial charge < -0.3 is 4.12 Å². The third-order valence-corrected chi connectivity index (χ3v) is 13.5. The van der Waals surface area contributed by atoms with Gasteiger partial charge >= 0.3 is 0 Å². The van der Waals surface area contributed by atoms with Crippen LogP contribution in [-0.4, -0.2) is 16.6 Å². The van der Waals surface area contributed by atoms with Gasteiger partial charge in [0, 0.05) is 0 Å². The molecule has 0 N–H and O–H groups in total. The van der Waals surface area contributed by atoms with E-state index in [1.807, 2.05) is 0 Å². The minimum absolute atomic E-state index is 1.34. The van der Waals surface area contributed by atoms with Gasteiger partial charge in [0.05, 0.1) is 0 Å². The van der Waals surface area contributed by atoms with Crippen LogP contribution in [-0.2, 0) is 4.12 Å². The van der Waals surface area contributed by atoms with Crippen LogP contribution in [0.4, 0.5) is 0 Å². The van der Waals surface area contributed by atoms with Crippen LogP contribution in [0.2, 0.25) is 13.1 Å². The molecule has 114 valence electrons. The summed E-state index contributed by atoms with van der Waals surface area (Å²) < 4.78 is 7.06. The Morgan fingerprint density at radius 3 is 1.52 bits per heavy atom. The van der Waals surface area contributed by atoms with Crippen molar-refractivity contribution in [3.05, 3.63) is 84.9 Å².